The van der Waals surface area contributed by atoms with E-state index in [1.54, 1.807) is 0 Å². The van der Waals surface area contributed by atoms with Gasteiger partial charge in [0.25, 0.3) is 0 Å². The van der Waals surface area contributed by atoms with Crippen LogP contribution in [0.15, 0.2) is 0 Å². The fraction of sp³-hybridized carbons (Fsp3) is 0.941. The van der Waals surface area contributed by atoms with Gasteiger partial charge in [-0.1, -0.05) is 292 Å². The molecule has 19 heteroatoms. The van der Waals surface area contributed by atoms with Crippen molar-refractivity contribution in [1.82, 2.24) is 0 Å². The molecule has 0 aliphatic carbocycles. The highest BCUT2D eigenvalue weighted by Crippen LogP contribution is 2.45. The number of carbonyl (C=O) groups is 4. The van der Waals surface area contributed by atoms with Crippen LogP contribution in [0.2, 0.25) is 0 Å². The number of carbonyl (C=O) groups excluding carboxylic acids is 4. The van der Waals surface area contributed by atoms with Crippen LogP contribution in [0.1, 0.15) is 343 Å². The Morgan fingerprint density at radius 1 is 0.310 bits per heavy atom. The molecule has 3 N–H and O–H groups in total. The van der Waals surface area contributed by atoms with Crippen molar-refractivity contribution in [3.8, 4) is 0 Å². The zero-order valence-electron chi connectivity index (χ0n) is 56.3. The number of aliphatic hydroxyl groups is 1. The average Bonchev–Trinajstić information content (AvgIpc) is 3.70. The first kappa shape index (κ1) is 85.1. The molecule has 87 heavy (non-hydrogen) atoms. The average molecular weight is 1280 g/mol. The normalized spacial score (nSPS) is 14.2. The maximum Gasteiger partial charge on any atom is 0.472 e. The summed E-state index contributed by atoms with van der Waals surface area (Å²) in [6, 6.07) is 0. The summed E-state index contributed by atoms with van der Waals surface area (Å²) < 4.78 is 68.1. The van der Waals surface area contributed by atoms with E-state index in [2.05, 4.69) is 41.5 Å². The Morgan fingerprint density at radius 3 is 0.782 bits per heavy atom. The molecule has 0 fully saturated rings. The van der Waals surface area contributed by atoms with Crippen LogP contribution in [0.5, 0.6) is 0 Å². The highest BCUT2D eigenvalue weighted by atomic mass is 31.2. The van der Waals surface area contributed by atoms with E-state index in [0.29, 0.717) is 31.6 Å². The Morgan fingerprint density at radius 2 is 0.529 bits per heavy atom. The molecule has 0 aromatic rings. The van der Waals surface area contributed by atoms with Gasteiger partial charge < -0.3 is 33.8 Å². The lowest BCUT2D eigenvalue weighted by molar-refractivity contribution is -0.161. The van der Waals surface area contributed by atoms with Crippen LogP contribution in [-0.4, -0.2) is 96.7 Å². The summed E-state index contributed by atoms with van der Waals surface area (Å²) in [4.78, 5) is 72.3. The summed E-state index contributed by atoms with van der Waals surface area (Å²) in [5.74, 6) is -0.710. The summed E-state index contributed by atoms with van der Waals surface area (Å²) in [5.41, 5.74) is 0. The fourth-order valence-corrected chi connectivity index (χ4v) is 11.8. The third kappa shape index (κ3) is 62.6. The number of ether oxygens (including phenoxy) is 4. The molecule has 516 valence electrons. The number of hydrogen-bond donors (Lipinski definition) is 3. The van der Waals surface area contributed by atoms with Crippen molar-refractivity contribution < 1.29 is 80.2 Å². The first-order chi connectivity index (χ1) is 41.9. The number of rotatable bonds is 67. The Labute approximate surface area is 530 Å². The Balaban J connectivity index is 5.19. The van der Waals surface area contributed by atoms with Gasteiger partial charge in [-0.3, -0.25) is 37.3 Å². The van der Waals surface area contributed by atoms with Crippen LogP contribution in [0.3, 0.4) is 0 Å². The molecular weight excluding hydrogens is 1150 g/mol. The molecule has 0 aromatic carbocycles. The van der Waals surface area contributed by atoms with E-state index >= 15 is 0 Å². The van der Waals surface area contributed by atoms with Gasteiger partial charge in [0.2, 0.25) is 0 Å². The SMILES string of the molecule is CCCCCCCCCCCCCCCCCCCCC(=O)O[C@H](COC(=O)CCCCCCCCCCC(C)C)COP(=O)(O)OC[C@@H](O)COP(=O)(O)OC[C@@H](COC(=O)CCCCCCCCCC)OC(=O)CCCCCCCCCC(C)C. The predicted molar refractivity (Wildman–Crippen MR) is 349 cm³/mol. The standard InChI is InChI=1S/C68H132O17P2/c1-7-9-11-13-15-17-18-19-20-21-22-23-24-25-26-34-40-46-52-67(72)84-63(57-79-66(71)51-45-39-33-28-27-30-36-42-48-60(3)4)58-82-86(74,75)80-54-62(69)55-81-87(76,77)83-59-64(56-78-65(70)50-44-38-32-16-14-12-10-8-2)85-68(73)53-47-41-35-29-31-37-43-49-61(5)6/h60-64,69H,7-59H2,1-6H3,(H,74,75)(H,76,77)/t62-,63-,64-/m1/s1. The summed E-state index contributed by atoms with van der Waals surface area (Å²) in [6.07, 6.45) is 44.7. The second-order valence-corrected chi connectivity index (χ2v) is 28.4. The number of esters is 4. The zero-order chi connectivity index (χ0) is 64.3. The summed E-state index contributed by atoms with van der Waals surface area (Å²) >= 11 is 0. The molecule has 0 saturated heterocycles. The van der Waals surface area contributed by atoms with Gasteiger partial charge in [-0.25, -0.2) is 9.13 Å². The number of phosphoric ester groups is 2. The molecule has 0 aromatic heterocycles. The fourth-order valence-electron chi connectivity index (χ4n) is 10.2. The molecule has 0 aliphatic rings. The van der Waals surface area contributed by atoms with Crippen molar-refractivity contribution in [2.75, 3.05) is 39.6 Å². The van der Waals surface area contributed by atoms with Gasteiger partial charge in [0, 0.05) is 25.7 Å². The minimum atomic E-state index is -4.95. The van der Waals surface area contributed by atoms with Crippen molar-refractivity contribution in [3.05, 3.63) is 0 Å². The Hall–Kier alpha value is -1.94. The number of aliphatic hydroxyl groups excluding tert-OH is 1. The Bertz CT molecular complexity index is 1700. The summed E-state index contributed by atoms with van der Waals surface area (Å²) in [7, 11) is -9.89. The second-order valence-electron chi connectivity index (χ2n) is 25.5. The lowest BCUT2D eigenvalue weighted by Gasteiger charge is -2.21. The lowest BCUT2D eigenvalue weighted by atomic mass is 10.0. The van der Waals surface area contributed by atoms with Crippen LogP contribution >= 0.6 is 15.6 Å². The topological polar surface area (TPSA) is 237 Å². The lowest BCUT2D eigenvalue weighted by Crippen LogP contribution is -2.30. The third-order valence-electron chi connectivity index (χ3n) is 15.7. The highest BCUT2D eigenvalue weighted by molar-refractivity contribution is 7.47. The Kier molecular flexibility index (Phi) is 59.0. The van der Waals surface area contributed by atoms with Gasteiger partial charge in [0.1, 0.15) is 19.3 Å². The largest absolute Gasteiger partial charge is 0.472 e. The second kappa shape index (κ2) is 60.3. The molecule has 0 spiro atoms. The molecule has 0 heterocycles. The molecular formula is C68H132O17P2. The van der Waals surface area contributed by atoms with Gasteiger partial charge >= 0.3 is 39.5 Å². The van der Waals surface area contributed by atoms with Crippen molar-refractivity contribution in [2.24, 2.45) is 11.8 Å². The van der Waals surface area contributed by atoms with E-state index in [0.717, 1.165) is 102 Å². The maximum absolute atomic E-state index is 13.0. The van der Waals surface area contributed by atoms with E-state index in [-0.39, 0.29) is 25.7 Å². The molecule has 0 aliphatic heterocycles. The minimum Gasteiger partial charge on any atom is -0.462 e. The van der Waals surface area contributed by atoms with Crippen LogP contribution in [0.4, 0.5) is 0 Å². The number of unbranched alkanes of at least 4 members (excludes halogenated alkanes) is 37. The van der Waals surface area contributed by atoms with Crippen molar-refractivity contribution in [2.45, 2.75) is 362 Å². The van der Waals surface area contributed by atoms with Crippen molar-refractivity contribution in [3.63, 3.8) is 0 Å². The van der Waals surface area contributed by atoms with Gasteiger partial charge in [0.15, 0.2) is 12.2 Å². The molecule has 0 saturated carbocycles. The first-order valence-electron chi connectivity index (χ1n) is 35.5. The van der Waals surface area contributed by atoms with Crippen LogP contribution in [-0.2, 0) is 65.4 Å². The van der Waals surface area contributed by atoms with Gasteiger partial charge in [-0.05, 0) is 37.5 Å². The summed E-state index contributed by atoms with van der Waals surface area (Å²) in [5, 5.41) is 10.6. The highest BCUT2D eigenvalue weighted by Gasteiger charge is 2.30. The monoisotopic (exact) mass is 1280 g/mol. The molecule has 0 rings (SSSR count). The van der Waals surface area contributed by atoms with Crippen LogP contribution in [0, 0.1) is 11.8 Å². The minimum absolute atomic E-state index is 0.103. The van der Waals surface area contributed by atoms with E-state index in [9.17, 15) is 43.2 Å². The molecule has 17 nitrogen and oxygen atoms in total. The van der Waals surface area contributed by atoms with E-state index in [4.69, 9.17) is 37.0 Å². The van der Waals surface area contributed by atoms with Gasteiger partial charge in [0.05, 0.1) is 26.4 Å². The summed E-state index contributed by atoms with van der Waals surface area (Å²) in [6.45, 7) is 9.41. The van der Waals surface area contributed by atoms with Crippen LogP contribution < -0.4 is 0 Å². The quantitative estimate of drug-likeness (QED) is 0.0222. The van der Waals surface area contributed by atoms with Crippen LogP contribution in [0.25, 0.3) is 0 Å². The molecule has 0 amide bonds. The van der Waals surface area contributed by atoms with E-state index in [1.807, 2.05) is 0 Å². The van der Waals surface area contributed by atoms with Crippen molar-refractivity contribution >= 4 is 39.5 Å². The third-order valence-corrected chi connectivity index (χ3v) is 17.6. The molecule has 0 bridgehead atoms. The molecule has 5 atom stereocenters. The maximum atomic E-state index is 13.0. The zero-order valence-corrected chi connectivity index (χ0v) is 58.1. The number of hydrogen-bond acceptors (Lipinski definition) is 15. The van der Waals surface area contributed by atoms with Gasteiger partial charge in [-0.2, -0.15) is 0 Å². The molecule has 2 unspecified atom stereocenters. The number of phosphoric acid groups is 2. The van der Waals surface area contributed by atoms with Gasteiger partial charge in [-0.15, -0.1) is 0 Å². The van der Waals surface area contributed by atoms with E-state index < -0.39 is 97.5 Å². The predicted octanol–water partition coefficient (Wildman–Crippen LogP) is 19.2. The first-order valence-corrected chi connectivity index (χ1v) is 38.5. The molecule has 0 radical (unpaired) electrons. The van der Waals surface area contributed by atoms with Crippen molar-refractivity contribution in [1.29, 1.82) is 0 Å². The van der Waals surface area contributed by atoms with E-state index in [1.165, 1.54) is 154 Å². The smallest absolute Gasteiger partial charge is 0.462 e.